The number of carbonyl (C=O) groups is 1. The molecule has 2 aliphatic rings. The molecule has 10 heteroatoms. The van der Waals surface area contributed by atoms with Gasteiger partial charge in [-0.25, -0.2) is 4.98 Å². The van der Waals surface area contributed by atoms with E-state index >= 15 is 0 Å². The van der Waals surface area contributed by atoms with Crippen molar-refractivity contribution in [2.45, 2.75) is 37.1 Å². The van der Waals surface area contributed by atoms with Crippen molar-refractivity contribution < 1.29 is 14.3 Å². The van der Waals surface area contributed by atoms with Crippen molar-refractivity contribution in [3.63, 3.8) is 0 Å². The Morgan fingerprint density at radius 2 is 2.06 bits per heavy atom. The van der Waals surface area contributed by atoms with Gasteiger partial charge in [-0.2, -0.15) is 0 Å². The summed E-state index contributed by atoms with van der Waals surface area (Å²) < 4.78 is 14.5. The fraction of sp³-hybridized carbons (Fsp3) is 0.542. The van der Waals surface area contributed by atoms with Crippen LogP contribution in [-0.4, -0.2) is 78.2 Å². The van der Waals surface area contributed by atoms with Gasteiger partial charge in [0.05, 0.1) is 30.6 Å². The Balaban J connectivity index is 1.34. The summed E-state index contributed by atoms with van der Waals surface area (Å²) in [5.74, 6) is 0.154. The van der Waals surface area contributed by atoms with Crippen LogP contribution >= 0.6 is 23.1 Å². The van der Waals surface area contributed by atoms with E-state index in [1.54, 1.807) is 4.57 Å². The standard InChI is InChI=1S/C24H30N4O4S2/c29-20(25-15-17-5-3-12-32-17)16-33-24-26-21-18-6-1-2-7-19(18)34-22(21)23(30)28(24)9-4-8-27-10-13-31-14-11-27/h1-2,6-7,17H,3-5,8-16H2,(H,25,29)/t17-/m0/s1. The predicted octanol–water partition coefficient (Wildman–Crippen LogP) is 2.72. The van der Waals surface area contributed by atoms with E-state index in [0.717, 1.165) is 74.3 Å². The second kappa shape index (κ2) is 11.2. The third-order valence-electron chi connectivity index (χ3n) is 6.29. The van der Waals surface area contributed by atoms with Crippen LogP contribution in [0, 0.1) is 0 Å². The zero-order valence-electron chi connectivity index (χ0n) is 19.2. The van der Waals surface area contributed by atoms with Gasteiger partial charge in [-0.15, -0.1) is 11.3 Å². The minimum atomic E-state index is -0.0649. The molecule has 0 saturated carbocycles. The third kappa shape index (κ3) is 5.46. The van der Waals surface area contributed by atoms with Gasteiger partial charge >= 0.3 is 0 Å². The first kappa shape index (κ1) is 23.7. The normalized spacial score (nSPS) is 19.2. The Morgan fingerprint density at radius 3 is 2.88 bits per heavy atom. The molecule has 4 heterocycles. The van der Waals surface area contributed by atoms with Gasteiger partial charge in [0, 0.05) is 49.4 Å². The van der Waals surface area contributed by atoms with Gasteiger partial charge in [0.15, 0.2) is 5.16 Å². The molecule has 2 aromatic heterocycles. The number of carbonyl (C=O) groups excluding carboxylic acids is 1. The van der Waals surface area contributed by atoms with Gasteiger partial charge in [0.2, 0.25) is 5.91 Å². The Hall–Kier alpha value is -1.98. The lowest BCUT2D eigenvalue weighted by molar-refractivity contribution is -0.119. The molecule has 2 fully saturated rings. The zero-order chi connectivity index (χ0) is 23.3. The van der Waals surface area contributed by atoms with Crippen LogP contribution in [0.25, 0.3) is 20.3 Å². The van der Waals surface area contributed by atoms with Crippen molar-refractivity contribution in [3.05, 3.63) is 34.6 Å². The topological polar surface area (TPSA) is 85.7 Å². The SMILES string of the molecule is O=C(CSc1nc2c(sc3ccccc32)c(=O)n1CCCN1CCOCC1)NC[C@@H]1CCCO1. The number of hydrogen-bond acceptors (Lipinski definition) is 8. The number of fused-ring (bicyclic) bond motifs is 3. The molecule has 0 bridgehead atoms. The van der Waals surface area contributed by atoms with E-state index in [1.807, 2.05) is 24.3 Å². The molecule has 182 valence electrons. The Kier molecular flexibility index (Phi) is 7.80. The van der Waals surface area contributed by atoms with Gasteiger partial charge in [-0.1, -0.05) is 30.0 Å². The summed E-state index contributed by atoms with van der Waals surface area (Å²) in [4.78, 5) is 33.3. The van der Waals surface area contributed by atoms with Crippen molar-refractivity contribution in [1.29, 1.82) is 0 Å². The molecule has 1 amide bonds. The molecule has 2 saturated heterocycles. The first-order valence-corrected chi connectivity index (χ1v) is 13.7. The summed E-state index contributed by atoms with van der Waals surface area (Å²) >= 11 is 2.83. The Bertz CT molecular complexity index is 1200. The number of ether oxygens (including phenoxy) is 2. The number of rotatable bonds is 9. The number of morpholine rings is 1. The van der Waals surface area contributed by atoms with E-state index in [2.05, 4.69) is 10.2 Å². The highest BCUT2D eigenvalue weighted by Gasteiger charge is 2.19. The van der Waals surface area contributed by atoms with Gasteiger partial charge < -0.3 is 14.8 Å². The van der Waals surface area contributed by atoms with Crippen molar-refractivity contribution >= 4 is 49.3 Å². The van der Waals surface area contributed by atoms with Crippen molar-refractivity contribution in [2.24, 2.45) is 0 Å². The number of aromatic nitrogens is 2. The Morgan fingerprint density at radius 1 is 1.21 bits per heavy atom. The molecule has 1 aromatic carbocycles. The van der Waals surface area contributed by atoms with Gasteiger partial charge in [0.25, 0.3) is 5.56 Å². The molecule has 5 rings (SSSR count). The smallest absolute Gasteiger partial charge is 0.272 e. The number of amides is 1. The summed E-state index contributed by atoms with van der Waals surface area (Å²) in [6, 6.07) is 7.98. The number of nitrogens with zero attached hydrogens (tertiary/aromatic N) is 3. The second-order valence-electron chi connectivity index (χ2n) is 8.66. The maximum atomic E-state index is 13.5. The van der Waals surface area contributed by atoms with Crippen LogP contribution in [0.3, 0.4) is 0 Å². The number of hydrogen-bond donors (Lipinski definition) is 1. The summed E-state index contributed by atoms with van der Waals surface area (Å²) in [5.41, 5.74) is 0.715. The van der Waals surface area contributed by atoms with Crippen LogP contribution in [0.5, 0.6) is 0 Å². The molecule has 0 radical (unpaired) electrons. The minimum Gasteiger partial charge on any atom is -0.379 e. The van der Waals surface area contributed by atoms with Crippen LogP contribution in [0.4, 0.5) is 0 Å². The van der Waals surface area contributed by atoms with Crippen LogP contribution in [0.2, 0.25) is 0 Å². The molecule has 1 N–H and O–H groups in total. The van der Waals surface area contributed by atoms with Gasteiger partial charge in [-0.3, -0.25) is 19.1 Å². The first-order valence-electron chi connectivity index (χ1n) is 11.9. The van der Waals surface area contributed by atoms with Crippen LogP contribution in [0.15, 0.2) is 34.2 Å². The monoisotopic (exact) mass is 502 g/mol. The molecule has 3 aromatic rings. The van der Waals surface area contributed by atoms with E-state index in [4.69, 9.17) is 14.5 Å². The molecular formula is C24H30N4O4S2. The molecule has 2 aliphatic heterocycles. The number of nitrogens with one attached hydrogen (secondary N) is 1. The summed E-state index contributed by atoms with van der Waals surface area (Å²) in [7, 11) is 0. The van der Waals surface area contributed by atoms with Crippen LogP contribution < -0.4 is 10.9 Å². The summed E-state index contributed by atoms with van der Waals surface area (Å²) in [5, 5.41) is 4.56. The maximum absolute atomic E-state index is 13.5. The number of benzene rings is 1. The highest BCUT2D eigenvalue weighted by atomic mass is 32.2. The van der Waals surface area contributed by atoms with E-state index in [1.165, 1.54) is 23.1 Å². The molecule has 0 unspecified atom stereocenters. The van der Waals surface area contributed by atoms with E-state index in [9.17, 15) is 9.59 Å². The molecule has 34 heavy (non-hydrogen) atoms. The average Bonchev–Trinajstić information content (AvgIpc) is 3.52. The molecule has 1 atom stereocenters. The van der Waals surface area contributed by atoms with Gasteiger partial charge in [-0.05, 0) is 25.3 Å². The average molecular weight is 503 g/mol. The second-order valence-corrected chi connectivity index (χ2v) is 10.7. The highest BCUT2D eigenvalue weighted by molar-refractivity contribution is 7.99. The number of thiophene rings is 1. The zero-order valence-corrected chi connectivity index (χ0v) is 20.8. The van der Waals surface area contributed by atoms with Gasteiger partial charge in [0.1, 0.15) is 4.70 Å². The quantitative estimate of drug-likeness (QED) is 0.356. The van der Waals surface area contributed by atoms with E-state index < -0.39 is 0 Å². The van der Waals surface area contributed by atoms with Crippen molar-refractivity contribution in [1.82, 2.24) is 19.8 Å². The molecule has 0 spiro atoms. The van der Waals surface area contributed by atoms with E-state index in [-0.39, 0.29) is 23.3 Å². The van der Waals surface area contributed by atoms with Crippen molar-refractivity contribution in [2.75, 3.05) is 51.8 Å². The summed E-state index contributed by atoms with van der Waals surface area (Å²) in [6.07, 6.45) is 2.99. The third-order valence-corrected chi connectivity index (χ3v) is 8.41. The lowest BCUT2D eigenvalue weighted by atomic mass is 10.2. The fourth-order valence-corrected chi connectivity index (χ4v) is 6.39. The first-order chi connectivity index (χ1) is 16.7. The molecular weight excluding hydrogens is 472 g/mol. The molecule has 8 nitrogen and oxygen atoms in total. The van der Waals surface area contributed by atoms with E-state index in [0.29, 0.717) is 22.9 Å². The predicted molar refractivity (Wildman–Crippen MR) is 136 cm³/mol. The maximum Gasteiger partial charge on any atom is 0.272 e. The molecule has 0 aliphatic carbocycles. The van der Waals surface area contributed by atoms with Crippen LogP contribution in [-0.2, 0) is 20.8 Å². The lowest BCUT2D eigenvalue weighted by Crippen LogP contribution is -2.37. The number of thioether (sulfide) groups is 1. The van der Waals surface area contributed by atoms with Crippen LogP contribution in [0.1, 0.15) is 19.3 Å². The summed E-state index contributed by atoms with van der Waals surface area (Å²) in [6.45, 7) is 6.16. The Labute approximate surface area is 206 Å². The lowest BCUT2D eigenvalue weighted by Gasteiger charge is -2.26. The minimum absolute atomic E-state index is 0.0181. The van der Waals surface area contributed by atoms with Crippen molar-refractivity contribution in [3.8, 4) is 0 Å². The largest absolute Gasteiger partial charge is 0.379 e. The highest BCUT2D eigenvalue weighted by Crippen LogP contribution is 2.31. The fourth-order valence-electron chi connectivity index (χ4n) is 4.45.